The fourth-order valence-corrected chi connectivity index (χ4v) is 4.72. The van der Waals surface area contributed by atoms with Gasteiger partial charge in [0.15, 0.2) is 11.5 Å². The number of furan rings is 1. The molecule has 1 amide bonds. The topological polar surface area (TPSA) is 86.0 Å². The van der Waals surface area contributed by atoms with E-state index < -0.39 is 26.8 Å². The molecule has 0 aliphatic carbocycles. The molecule has 7 nitrogen and oxygen atoms in total. The average molecular weight is 572 g/mol. The molecule has 0 saturated heterocycles. The van der Waals surface area contributed by atoms with Crippen LogP contribution < -0.4 is 8.92 Å². The van der Waals surface area contributed by atoms with Crippen LogP contribution in [0.15, 0.2) is 107 Å². The van der Waals surface area contributed by atoms with Crippen molar-refractivity contribution in [2.24, 2.45) is 0 Å². The lowest BCUT2D eigenvalue weighted by Gasteiger charge is -2.21. The third kappa shape index (κ3) is 7.32. The van der Waals surface area contributed by atoms with Gasteiger partial charge in [0, 0.05) is 12.6 Å². The summed E-state index contributed by atoms with van der Waals surface area (Å²) in [6, 6.07) is 20.3. The van der Waals surface area contributed by atoms with Gasteiger partial charge in [0.25, 0.3) is 0 Å². The van der Waals surface area contributed by atoms with Crippen molar-refractivity contribution in [2.45, 2.75) is 24.2 Å². The lowest BCUT2D eigenvalue weighted by Crippen LogP contribution is -2.28. The lowest BCUT2D eigenvalue weighted by atomic mass is 10.1. The Labute approximate surface area is 229 Å². The molecule has 4 rings (SSSR count). The number of ether oxygens (including phenoxy) is 1. The highest BCUT2D eigenvalue weighted by Gasteiger charge is 2.32. The molecule has 3 aromatic carbocycles. The number of hydrogen-bond acceptors (Lipinski definition) is 6. The first-order valence-corrected chi connectivity index (χ1v) is 13.3. The van der Waals surface area contributed by atoms with Gasteiger partial charge >= 0.3 is 16.3 Å². The Balaban J connectivity index is 1.61. The molecular formula is C29H24F3NO6S. The van der Waals surface area contributed by atoms with Crippen LogP contribution in [0.3, 0.4) is 0 Å². The third-order valence-electron chi connectivity index (χ3n) is 5.71. The van der Waals surface area contributed by atoms with Gasteiger partial charge in [0.2, 0.25) is 5.91 Å². The minimum absolute atomic E-state index is 0.0304. The van der Waals surface area contributed by atoms with E-state index >= 15 is 0 Å². The van der Waals surface area contributed by atoms with Crippen LogP contribution in [0.5, 0.6) is 11.5 Å². The number of hydrogen-bond donors (Lipinski definition) is 0. The van der Waals surface area contributed by atoms with Gasteiger partial charge in [-0.2, -0.15) is 21.6 Å². The zero-order valence-electron chi connectivity index (χ0n) is 21.2. The third-order valence-corrected chi connectivity index (χ3v) is 6.94. The predicted octanol–water partition coefficient (Wildman–Crippen LogP) is 6.32. The van der Waals surface area contributed by atoms with E-state index in [0.717, 1.165) is 23.8 Å². The molecule has 0 aliphatic heterocycles. The molecule has 0 atom stereocenters. The highest BCUT2D eigenvalue weighted by Crippen LogP contribution is 2.34. The van der Waals surface area contributed by atoms with Crippen molar-refractivity contribution >= 4 is 22.1 Å². The molecule has 0 fully saturated rings. The van der Waals surface area contributed by atoms with Crippen LogP contribution in [0.4, 0.5) is 13.2 Å². The van der Waals surface area contributed by atoms with Gasteiger partial charge in [0.1, 0.15) is 10.7 Å². The van der Waals surface area contributed by atoms with Crippen LogP contribution >= 0.6 is 0 Å². The summed E-state index contributed by atoms with van der Waals surface area (Å²) >= 11 is 0. The first-order chi connectivity index (χ1) is 19.0. The SMILES string of the molecule is COc1ccc(CN(Cc2ccco2)C(=O)C=Cc2ccccc2)cc1OS(=O)(=O)c1cccc(C(F)(F)F)c1. The summed E-state index contributed by atoms with van der Waals surface area (Å²) in [7, 11) is -3.37. The van der Waals surface area contributed by atoms with Crippen LogP contribution in [0, 0.1) is 0 Å². The van der Waals surface area contributed by atoms with Crippen molar-refractivity contribution in [1.29, 1.82) is 0 Å². The number of amides is 1. The van der Waals surface area contributed by atoms with E-state index in [9.17, 15) is 26.4 Å². The van der Waals surface area contributed by atoms with Crippen molar-refractivity contribution in [2.75, 3.05) is 7.11 Å². The Hall–Kier alpha value is -4.51. The van der Waals surface area contributed by atoms with Crippen molar-refractivity contribution in [3.05, 3.63) is 120 Å². The van der Waals surface area contributed by atoms with Crippen LogP contribution in [-0.2, 0) is 34.2 Å². The maximum absolute atomic E-state index is 13.1. The van der Waals surface area contributed by atoms with Crippen molar-refractivity contribution in [3.8, 4) is 11.5 Å². The van der Waals surface area contributed by atoms with Gasteiger partial charge in [0.05, 0.1) is 25.5 Å². The number of halogens is 3. The largest absolute Gasteiger partial charge is 0.493 e. The minimum Gasteiger partial charge on any atom is -0.493 e. The standard InChI is InChI=1S/C29H24F3NO6S/c1-37-26-14-12-22(17-27(26)39-40(35,36)25-11-5-9-23(18-25)29(30,31)32)19-33(20-24-10-6-16-38-24)28(34)15-13-21-7-3-2-4-8-21/h2-18H,19-20H2,1H3. The number of alkyl halides is 3. The second kappa shape index (κ2) is 12.1. The fraction of sp³-hybridized carbons (Fsp3) is 0.138. The summed E-state index contributed by atoms with van der Waals surface area (Å²) in [6.07, 6.45) is -0.170. The van der Waals surface area contributed by atoms with Crippen LogP contribution in [0.2, 0.25) is 0 Å². The number of carbonyl (C=O) groups excluding carboxylic acids is 1. The summed E-state index contributed by atoms with van der Waals surface area (Å²) in [4.78, 5) is 13.9. The summed E-state index contributed by atoms with van der Waals surface area (Å²) in [5.74, 6) is -0.0245. The molecule has 40 heavy (non-hydrogen) atoms. The predicted molar refractivity (Wildman–Crippen MR) is 141 cm³/mol. The Bertz CT molecular complexity index is 1580. The van der Waals surface area contributed by atoms with Gasteiger partial charge in [-0.3, -0.25) is 4.79 Å². The molecule has 1 heterocycles. The first-order valence-electron chi connectivity index (χ1n) is 11.9. The second-order valence-electron chi connectivity index (χ2n) is 8.57. The number of methoxy groups -OCH3 is 1. The van der Waals surface area contributed by atoms with Crippen molar-refractivity contribution in [3.63, 3.8) is 0 Å². The van der Waals surface area contributed by atoms with Gasteiger partial charge < -0.3 is 18.2 Å². The molecule has 208 valence electrons. The summed E-state index contributed by atoms with van der Waals surface area (Å²) in [6.45, 7) is 0.151. The first kappa shape index (κ1) is 28.5. The summed E-state index contributed by atoms with van der Waals surface area (Å²) < 4.78 is 81.0. The second-order valence-corrected chi connectivity index (χ2v) is 10.1. The molecule has 0 aliphatic rings. The van der Waals surface area contributed by atoms with E-state index in [1.165, 1.54) is 36.5 Å². The Kier molecular flexibility index (Phi) is 8.64. The quantitative estimate of drug-likeness (QED) is 0.164. The molecule has 11 heteroatoms. The fourth-order valence-electron chi connectivity index (χ4n) is 3.74. The lowest BCUT2D eigenvalue weighted by molar-refractivity contribution is -0.137. The molecular weight excluding hydrogens is 547 g/mol. The number of carbonyl (C=O) groups is 1. The van der Waals surface area contributed by atoms with E-state index in [1.54, 1.807) is 24.3 Å². The molecule has 1 aromatic heterocycles. The van der Waals surface area contributed by atoms with Crippen molar-refractivity contribution < 1.29 is 39.7 Å². The molecule has 0 N–H and O–H groups in total. The van der Waals surface area contributed by atoms with Crippen molar-refractivity contribution in [1.82, 2.24) is 4.90 Å². The van der Waals surface area contributed by atoms with E-state index in [2.05, 4.69) is 0 Å². The van der Waals surface area contributed by atoms with Crippen LogP contribution in [0.25, 0.3) is 6.08 Å². The Morgan fingerprint density at radius 1 is 0.925 bits per heavy atom. The highest BCUT2D eigenvalue weighted by atomic mass is 32.2. The van der Waals surface area contributed by atoms with E-state index in [4.69, 9.17) is 13.3 Å². The highest BCUT2D eigenvalue weighted by molar-refractivity contribution is 7.87. The number of rotatable bonds is 10. The molecule has 0 spiro atoms. The van der Waals surface area contributed by atoms with Gasteiger partial charge in [-0.1, -0.05) is 42.5 Å². The molecule has 4 aromatic rings. The van der Waals surface area contributed by atoms with Gasteiger partial charge in [-0.25, -0.2) is 0 Å². The molecule has 0 saturated carbocycles. The maximum Gasteiger partial charge on any atom is 0.416 e. The monoisotopic (exact) mass is 571 g/mol. The van der Waals surface area contributed by atoms with E-state index in [1.807, 2.05) is 30.3 Å². The smallest absolute Gasteiger partial charge is 0.416 e. The Morgan fingerprint density at radius 2 is 1.70 bits per heavy atom. The normalized spacial score (nSPS) is 11.9. The molecule has 0 bridgehead atoms. The Morgan fingerprint density at radius 3 is 2.38 bits per heavy atom. The summed E-state index contributed by atoms with van der Waals surface area (Å²) in [5.41, 5.74) is 0.172. The summed E-state index contributed by atoms with van der Waals surface area (Å²) in [5, 5.41) is 0. The number of benzene rings is 3. The zero-order valence-corrected chi connectivity index (χ0v) is 22.0. The van der Waals surface area contributed by atoms with Crippen LogP contribution in [-0.4, -0.2) is 26.3 Å². The number of nitrogens with zero attached hydrogens (tertiary/aromatic N) is 1. The van der Waals surface area contributed by atoms with Gasteiger partial charge in [-0.05, 0) is 59.7 Å². The van der Waals surface area contributed by atoms with E-state index in [0.29, 0.717) is 17.4 Å². The minimum atomic E-state index is -4.73. The average Bonchev–Trinajstić information content (AvgIpc) is 3.45. The molecule has 0 radical (unpaired) electrons. The van der Waals surface area contributed by atoms with Gasteiger partial charge in [-0.15, -0.1) is 0 Å². The molecule has 0 unspecified atom stereocenters. The van der Waals surface area contributed by atoms with Crippen LogP contribution in [0.1, 0.15) is 22.5 Å². The zero-order chi connectivity index (χ0) is 28.8. The van der Waals surface area contributed by atoms with E-state index in [-0.39, 0.29) is 30.5 Å². The maximum atomic E-state index is 13.1.